The van der Waals surface area contributed by atoms with Crippen LogP contribution in [0.1, 0.15) is 18.9 Å². The monoisotopic (exact) mass is 344 g/mol. The molecule has 1 saturated heterocycles. The zero-order valence-corrected chi connectivity index (χ0v) is 13.2. The highest BCUT2D eigenvalue weighted by molar-refractivity contribution is 5.89. The van der Waals surface area contributed by atoms with Gasteiger partial charge in [-0.3, -0.25) is 9.59 Å². The Labute approximate surface area is 137 Å². The largest absolute Gasteiger partial charge is 0.494 e. The summed E-state index contributed by atoms with van der Waals surface area (Å²) in [7, 11) is 0. The molecule has 5 nitrogen and oxygen atoms in total. The summed E-state index contributed by atoms with van der Waals surface area (Å²) in [5.41, 5.74) is 0.768. The van der Waals surface area contributed by atoms with Crippen LogP contribution in [0.15, 0.2) is 24.3 Å². The van der Waals surface area contributed by atoms with E-state index in [1.54, 1.807) is 24.3 Å². The molecule has 1 heterocycles. The van der Waals surface area contributed by atoms with E-state index in [4.69, 9.17) is 4.74 Å². The number of hydrogen-bond acceptors (Lipinski definition) is 3. The average Bonchev–Trinajstić information content (AvgIpc) is 2.85. The van der Waals surface area contributed by atoms with Gasteiger partial charge in [0.2, 0.25) is 11.8 Å². The topological polar surface area (TPSA) is 58.6 Å². The van der Waals surface area contributed by atoms with Crippen LogP contribution in [0.3, 0.4) is 0 Å². The number of benzene rings is 1. The molecule has 1 aromatic rings. The van der Waals surface area contributed by atoms with Crippen LogP contribution in [0, 0.1) is 5.92 Å². The summed E-state index contributed by atoms with van der Waals surface area (Å²) in [6.45, 7) is 0.988. The van der Waals surface area contributed by atoms with E-state index in [0.717, 1.165) is 5.56 Å². The maximum Gasteiger partial charge on any atom is 0.406 e. The van der Waals surface area contributed by atoms with E-state index >= 15 is 0 Å². The van der Waals surface area contributed by atoms with E-state index in [9.17, 15) is 22.8 Å². The van der Waals surface area contributed by atoms with Crippen LogP contribution in [-0.2, 0) is 16.1 Å². The highest BCUT2D eigenvalue weighted by Gasteiger charge is 2.40. The Hall–Kier alpha value is -2.25. The zero-order chi connectivity index (χ0) is 17.7. The molecule has 0 saturated carbocycles. The van der Waals surface area contributed by atoms with Crippen LogP contribution in [-0.4, -0.2) is 42.6 Å². The number of nitrogens with zero attached hydrogens (tertiary/aromatic N) is 1. The summed E-state index contributed by atoms with van der Waals surface area (Å²) in [5, 5.41) is 2.66. The standard InChI is InChI=1S/C16H19F3N2O3/c1-2-24-13-6-4-3-5-11(13)8-20-15(23)12-7-14(22)21(9-12)10-16(17,18)19/h3-6,12H,2,7-10H2,1H3,(H,20,23). The summed E-state index contributed by atoms with van der Waals surface area (Å²) in [6, 6.07) is 7.17. The molecule has 1 aliphatic rings. The molecule has 1 aromatic carbocycles. The first-order chi connectivity index (χ1) is 11.3. The molecule has 2 rings (SSSR count). The lowest BCUT2D eigenvalue weighted by Gasteiger charge is -2.18. The quantitative estimate of drug-likeness (QED) is 0.860. The summed E-state index contributed by atoms with van der Waals surface area (Å²) in [6.07, 6.45) is -4.66. The molecule has 132 valence electrons. The number of hydrogen-bond donors (Lipinski definition) is 1. The number of nitrogens with one attached hydrogen (secondary N) is 1. The first-order valence-corrected chi connectivity index (χ1v) is 7.63. The van der Waals surface area contributed by atoms with E-state index in [0.29, 0.717) is 17.3 Å². The fourth-order valence-corrected chi connectivity index (χ4v) is 2.59. The number of carbonyl (C=O) groups excluding carboxylic acids is 2. The Morgan fingerprint density at radius 2 is 2.08 bits per heavy atom. The summed E-state index contributed by atoms with van der Waals surface area (Å²) < 4.78 is 42.6. The Morgan fingerprint density at radius 1 is 1.38 bits per heavy atom. The van der Waals surface area contributed by atoms with E-state index in [-0.39, 0.29) is 19.5 Å². The molecule has 1 fully saturated rings. The zero-order valence-electron chi connectivity index (χ0n) is 13.2. The normalized spacial score (nSPS) is 17.9. The number of rotatable bonds is 6. The number of halogens is 3. The highest BCUT2D eigenvalue weighted by atomic mass is 19.4. The van der Waals surface area contributed by atoms with Crippen molar-refractivity contribution in [2.24, 2.45) is 5.92 Å². The molecule has 0 aromatic heterocycles. The minimum absolute atomic E-state index is 0.193. The third kappa shape index (κ3) is 4.87. The van der Waals surface area contributed by atoms with Gasteiger partial charge in [0, 0.05) is 25.1 Å². The third-order valence-corrected chi connectivity index (χ3v) is 3.68. The first-order valence-electron chi connectivity index (χ1n) is 7.63. The fraction of sp³-hybridized carbons (Fsp3) is 0.500. The van der Waals surface area contributed by atoms with Crippen molar-refractivity contribution >= 4 is 11.8 Å². The van der Waals surface area contributed by atoms with Crippen molar-refractivity contribution in [1.29, 1.82) is 0 Å². The highest BCUT2D eigenvalue weighted by Crippen LogP contribution is 2.24. The van der Waals surface area contributed by atoms with Gasteiger partial charge < -0.3 is 15.0 Å². The molecule has 0 aliphatic carbocycles. The lowest BCUT2D eigenvalue weighted by atomic mass is 10.1. The van der Waals surface area contributed by atoms with Gasteiger partial charge in [0.1, 0.15) is 12.3 Å². The maximum absolute atomic E-state index is 12.4. The van der Waals surface area contributed by atoms with Crippen molar-refractivity contribution in [1.82, 2.24) is 10.2 Å². The van der Waals surface area contributed by atoms with Crippen LogP contribution in [0.25, 0.3) is 0 Å². The van der Waals surface area contributed by atoms with E-state index in [1.165, 1.54) is 0 Å². The molecular weight excluding hydrogens is 325 g/mol. The number of ether oxygens (including phenoxy) is 1. The van der Waals surface area contributed by atoms with Crippen LogP contribution in [0.4, 0.5) is 13.2 Å². The van der Waals surface area contributed by atoms with Gasteiger partial charge in [-0.25, -0.2) is 0 Å². The number of alkyl halides is 3. The Balaban J connectivity index is 1.91. The molecule has 2 amide bonds. The molecule has 1 unspecified atom stereocenters. The number of para-hydroxylation sites is 1. The first kappa shape index (κ1) is 18.1. The Morgan fingerprint density at radius 3 is 2.75 bits per heavy atom. The molecule has 1 atom stereocenters. The number of amides is 2. The average molecular weight is 344 g/mol. The van der Waals surface area contributed by atoms with Crippen LogP contribution < -0.4 is 10.1 Å². The van der Waals surface area contributed by atoms with Crippen molar-refractivity contribution in [3.05, 3.63) is 29.8 Å². The van der Waals surface area contributed by atoms with Gasteiger partial charge in [0.15, 0.2) is 0 Å². The third-order valence-electron chi connectivity index (χ3n) is 3.68. The van der Waals surface area contributed by atoms with Crippen molar-refractivity contribution in [3.8, 4) is 5.75 Å². The van der Waals surface area contributed by atoms with Crippen molar-refractivity contribution in [3.63, 3.8) is 0 Å². The molecule has 1 N–H and O–H groups in total. The second-order valence-corrected chi connectivity index (χ2v) is 5.55. The Kier molecular flexibility index (Phi) is 5.69. The van der Waals surface area contributed by atoms with Gasteiger partial charge in [0.25, 0.3) is 0 Å². The Bertz CT molecular complexity index is 604. The molecule has 0 spiro atoms. The van der Waals surface area contributed by atoms with E-state index < -0.39 is 30.5 Å². The number of carbonyl (C=O) groups is 2. The van der Waals surface area contributed by atoms with Crippen LogP contribution >= 0.6 is 0 Å². The molecule has 0 radical (unpaired) electrons. The van der Waals surface area contributed by atoms with Crippen LogP contribution in [0.5, 0.6) is 5.75 Å². The molecule has 24 heavy (non-hydrogen) atoms. The van der Waals surface area contributed by atoms with Gasteiger partial charge in [-0.1, -0.05) is 18.2 Å². The van der Waals surface area contributed by atoms with Gasteiger partial charge in [-0.05, 0) is 13.0 Å². The van der Waals surface area contributed by atoms with E-state index in [1.807, 2.05) is 6.92 Å². The van der Waals surface area contributed by atoms with Crippen LogP contribution in [0.2, 0.25) is 0 Å². The lowest BCUT2D eigenvalue weighted by Crippen LogP contribution is -2.37. The molecule has 8 heteroatoms. The summed E-state index contributed by atoms with van der Waals surface area (Å²) in [4.78, 5) is 24.4. The number of likely N-dealkylation sites (tertiary alicyclic amines) is 1. The fourth-order valence-electron chi connectivity index (χ4n) is 2.59. The molecular formula is C16H19F3N2O3. The van der Waals surface area contributed by atoms with Crippen molar-refractivity contribution < 1.29 is 27.5 Å². The minimum atomic E-state index is -4.46. The smallest absolute Gasteiger partial charge is 0.406 e. The summed E-state index contributed by atoms with van der Waals surface area (Å²) in [5.74, 6) is -1.21. The predicted octanol–water partition coefficient (Wildman–Crippen LogP) is 2.11. The second kappa shape index (κ2) is 7.55. The molecule has 1 aliphatic heterocycles. The van der Waals surface area contributed by atoms with Gasteiger partial charge in [-0.15, -0.1) is 0 Å². The predicted molar refractivity (Wildman–Crippen MR) is 80.2 cm³/mol. The van der Waals surface area contributed by atoms with Gasteiger partial charge >= 0.3 is 6.18 Å². The second-order valence-electron chi connectivity index (χ2n) is 5.55. The van der Waals surface area contributed by atoms with Crippen molar-refractivity contribution in [2.45, 2.75) is 26.1 Å². The van der Waals surface area contributed by atoms with E-state index in [2.05, 4.69) is 5.32 Å². The summed E-state index contributed by atoms with van der Waals surface area (Å²) >= 11 is 0. The van der Waals surface area contributed by atoms with Crippen molar-refractivity contribution in [2.75, 3.05) is 19.7 Å². The van der Waals surface area contributed by atoms with Gasteiger partial charge in [0.05, 0.1) is 12.5 Å². The molecule has 0 bridgehead atoms. The minimum Gasteiger partial charge on any atom is -0.494 e. The van der Waals surface area contributed by atoms with Gasteiger partial charge in [-0.2, -0.15) is 13.2 Å². The maximum atomic E-state index is 12.4. The SMILES string of the molecule is CCOc1ccccc1CNC(=O)C1CC(=O)N(CC(F)(F)F)C1. The lowest BCUT2D eigenvalue weighted by molar-refractivity contribution is -0.157.